The lowest BCUT2D eigenvalue weighted by Gasteiger charge is -2.34. The van der Waals surface area contributed by atoms with Gasteiger partial charge in [-0.2, -0.15) is 4.73 Å². The van der Waals surface area contributed by atoms with E-state index in [1.807, 2.05) is 13.8 Å². The molecule has 0 unspecified atom stereocenters. The molecular weight excluding hydrogens is 478 g/mol. The molecule has 0 aromatic carbocycles. The van der Waals surface area contributed by atoms with Gasteiger partial charge in [0.15, 0.2) is 0 Å². The standard InChI is InChI=1S/C28H43NO6S/c1-16-9-8-10-28(7)14-20(28)12-22(17(2)11-21-15-36-19(4)29(21)34)35-24(31)13-23(30)27(5,6)26(33)18(3)25(16)32/h11,15-16,18,20,22-23,25,30,32H,8-10,12-14H2,1-7H3/t16-,18+,20+,22-,23-,25-,28-/m0/s1. The second kappa shape index (κ2) is 10.9. The van der Waals surface area contributed by atoms with Crippen LogP contribution < -0.4 is 4.73 Å². The van der Waals surface area contributed by atoms with Gasteiger partial charge in [0, 0.05) is 18.9 Å². The number of ketones is 1. The van der Waals surface area contributed by atoms with Gasteiger partial charge in [-0.15, -0.1) is 0 Å². The topological polar surface area (TPSA) is 111 Å². The van der Waals surface area contributed by atoms with Crippen LogP contribution in [0.25, 0.3) is 6.08 Å². The second-order valence-electron chi connectivity index (χ2n) is 12.1. The Morgan fingerprint density at radius 1 is 1.25 bits per heavy atom. The minimum atomic E-state index is -1.24. The molecule has 1 aliphatic heterocycles. The number of rotatable bonds is 2. The van der Waals surface area contributed by atoms with E-state index in [1.54, 1.807) is 39.2 Å². The van der Waals surface area contributed by atoms with Crippen molar-refractivity contribution < 1.29 is 29.3 Å². The van der Waals surface area contributed by atoms with E-state index in [0.717, 1.165) is 36.0 Å². The van der Waals surface area contributed by atoms with Crippen molar-refractivity contribution in [1.29, 1.82) is 0 Å². The summed E-state index contributed by atoms with van der Waals surface area (Å²) in [6, 6.07) is 0. The summed E-state index contributed by atoms with van der Waals surface area (Å²) >= 11 is 1.37. The number of fused-ring (bicyclic) bond motifs is 1. The first-order chi connectivity index (χ1) is 16.7. The summed E-state index contributed by atoms with van der Waals surface area (Å²) in [7, 11) is 0. The predicted octanol–water partition coefficient (Wildman–Crippen LogP) is 4.58. The molecule has 0 amide bonds. The van der Waals surface area contributed by atoms with E-state index in [-0.39, 0.29) is 23.5 Å². The van der Waals surface area contributed by atoms with Crippen LogP contribution in [0.2, 0.25) is 0 Å². The highest BCUT2D eigenvalue weighted by molar-refractivity contribution is 7.09. The summed E-state index contributed by atoms with van der Waals surface area (Å²) in [6.45, 7) is 12.8. The Labute approximate surface area is 219 Å². The maximum absolute atomic E-state index is 13.2. The highest BCUT2D eigenvalue weighted by Crippen LogP contribution is 2.58. The van der Waals surface area contributed by atoms with Gasteiger partial charge in [0.25, 0.3) is 0 Å². The predicted molar refractivity (Wildman–Crippen MR) is 140 cm³/mol. The molecule has 1 aromatic heterocycles. The normalized spacial score (nSPS) is 36.8. The lowest BCUT2D eigenvalue weighted by Crippen LogP contribution is -2.45. The molecule has 202 valence electrons. The molecule has 0 bridgehead atoms. The summed E-state index contributed by atoms with van der Waals surface area (Å²) in [6.07, 6.45) is 3.38. The van der Waals surface area contributed by atoms with Crippen LogP contribution >= 0.6 is 11.3 Å². The number of aliphatic hydroxyl groups excluding tert-OH is 2. The monoisotopic (exact) mass is 521 g/mol. The number of hydrogen-bond acceptors (Lipinski definition) is 7. The van der Waals surface area contributed by atoms with E-state index in [4.69, 9.17) is 4.74 Å². The Balaban J connectivity index is 1.88. The molecule has 8 heteroatoms. The number of aryl methyl sites for hydroxylation is 1. The lowest BCUT2D eigenvalue weighted by molar-refractivity contribution is -0.608. The Bertz CT molecular complexity index is 1000. The van der Waals surface area contributed by atoms with Crippen LogP contribution in [0.1, 0.15) is 90.8 Å². The molecule has 2 fully saturated rings. The second-order valence-corrected chi connectivity index (χ2v) is 13.1. The molecule has 1 saturated heterocycles. The first kappa shape index (κ1) is 28.8. The molecule has 2 heterocycles. The van der Waals surface area contributed by atoms with Gasteiger partial charge >= 0.3 is 5.97 Å². The van der Waals surface area contributed by atoms with Gasteiger partial charge in [-0.25, -0.2) is 0 Å². The van der Waals surface area contributed by atoms with Crippen LogP contribution in [-0.2, 0) is 14.3 Å². The van der Waals surface area contributed by atoms with Crippen molar-refractivity contribution >= 4 is 29.2 Å². The third-order valence-electron chi connectivity index (χ3n) is 8.81. The van der Waals surface area contributed by atoms with Gasteiger partial charge in [0.05, 0.1) is 29.4 Å². The van der Waals surface area contributed by atoms with Gasteiger partial charge in [-0.3, -0.25) is 9.59 Å². The summed E-state index contributed by atoms with van der Waals surface area (Å²) in [4.78, 5) is 26.2. The van der Waals surface area contributed by atoms with Gasteiger partial charge in [-0.05, 0) is 55.4 Å². The van der Waals surface area contributed by atoms with Crippen LogP contribution in [-0.4, -0.2) is 40.3 Å². The fourth-order valence-electron chi connectivity index (χ4n) is 5.62. The number of ether oxygens (including phenoxy) is 1. The van der Waals surface area contributed by atoms with Gasteiger partial charge < -0.3 is 20.2 Å². The molecule has 0 radical (unpaired) electrons. The average Bonchev–Trinajstić information content (AvgIpc) is 3.34. The highest BCUT2D eigenvalue weighted by Gasteiger charge is 2.50. The highest BCUT2D eigenvalue weighted by atomic mass is 32.1. The van der Waals surface area contributed by atoms with E-state index in [9.17, 15) is 25.0 Å². The van der Waals surface area contributed by atoms with Crippen molar-refractivity contribution in [3.05, 3.63) is 26.9 Å². The quantitative estimate of drug-likeness (QED) is 0.335. The van der Waals surface area contributed by atoms with Crippen LogP contribution in [0.3, 0.4) is 0 Å². The van der Waals surface area contributed by atoms with Crippen molar-refractivity contribution in [2.24, 2.45) is 28.6 Å². The average molecular weight is 522 g/mol. The van der Waals surface area contributed by atoms with E-state index < -0.39 is 35.6 Å². The number of carbonyl (C=O) groups excluding carboxylic acids is 2. The van der Waals surface area contributed by atoms with E-state index in [2.05, 4.69) is 6.92 Å². The molecule has 7 nitrogen and oxygen atoms in total. The molecule has 2 aliphatic rings. The van der Waals surface area contributed by atoms with Gasteiger partial charge in [0.1, 0.15) is 11.9 Å². The van der Waals surface area contributed by atoms with Crippen LogP contribution in [0.4, 0.5) is 0 Å². The Morgan fingerprint density at radius 3 is 2.53 bits per heavy atom. The Kier molecular flexibility index (Phi) is 8.73. The largest absolute Gasteiger partial charge is 0.617 e. The zero-order valence-electron chi connectivity index (χ0n) is 22.7. The minimum Gasteiger partial charge on any atom is -0.617 e. The smallest absolute Gasteiger partial charge is 0.309 e. The maximum Gasteiger partial charge on any atom is 0.309 e. The molecule has 1 aliphatic carbocycles. The number of carbonyl (C=O) groups is 2. The molecular formula is C28H43NO6S. The number of cyclic esters (lactones) is 1. The number of thiazole rings is 1. The van der Waals surface area contributed by atoms with Gasteiger partial charge in [-0.1, -0.05) is 52.4 Å². The molecule has 7 atom stereocenters. The fraction of sp³-hybridized carbons (Fsp3) is 0.750. The number of aromatic nitrogens is 1. The Morgan fingerprint density at radius 2 is 1.92 bits per heavy atom. The van der Waals surface area contributed by atoms with Crippen molar-refractivity contribution in [1.82, 2.24) is 0 Å². The maximum atomic E-state index is 13.2. The molecule has 2 N–H and O–H groups in total. The Hall–Kier alpha value is -1.77. The number of aliphatic hydroxyl groups is 2. The van der Waals surface area contributed by atoms with Crippen molar-refractivity contribution in [2.45, 2.75) is 105 Å². The lowest BCUT2D eigenvalue weighted by atomic mass is 9.73. The van der Waals surface area contributed by atoms with Crippen LogP contribution in [0, 0.1) is 40.7 Å². The summed E-state index contributed by atoms with van der Waals surface area (Å²) in [5.41, 5.74) is 0.238. The molecule has 36 heavy (non-hydrogen) atoms. The first-order valence-corrected chi connectivity index (χ1v) is 14.0. The minimum absolute atomic E-state index is 0.0404. The third kappa shape index (κ3) is 6.20. The number of nitrogens with zero attached hydrogens (tertiary/aromatic N) is 1. The SMILES string of the molecule is CC(=Cc1csc(C)[n+]1[O-])[C@@H]1C[C@@H]2C[C@]2(C)CCC[C@H](C)[C@H](O)[C@@H](C)C(=O)C(C)(C)[C@@H](O)CC(=O)O1. The van der Waals surface area contributed by atoms with Gasteiger partial charge in [0.2, 0.25) is 10.7 Å². The van der Waals surface area contributed by atoms with E-state index in [1.165, 1.54) is 11.3 Å². The summed E-state index contributed by atoms with van der Waals surface area (Å²) in [5, 5.41) is 36.5. The summed E-state index contributed by atoms with van der Waals surface area (Å²) < 4.78 is 6.78. The van der Waals surface area contributed by atoms with Crippen molar-refractivity contribution in [2.75, 3.05) is 0 Å². The molecule has 3 rings (SSSR count). The van der Waals surface area contributed by atoms with E-state index in [0.29, 0.717) is 23.0 Å². The van der Waals surface area contributed by atoms with Crippen LogP contribution in [0.15, 0.2) is 11.0 Å². The van der Waals surface area contributed by atoms with Crippen LogP contribution in [0.5, 0.6) is 0 Å². The molecule has 0 spiro atoms. The zero-order valence-corrected chi connectivity index (χ0v) is 23.6. The summed E-state index contributed by atoms with van der Waals surface area (Å²) in [5.74, 6) is -1.14. The number of hydrogen-bond donors (Lipinski definition) is 2. The fourth-order valence-corrected chi connectivity index (χ4v) is 6.28. The molecule has 1 aromatic rings. The molecule has 1 saturated carbocycles. The van der Waals surface area contributed by atoms with E-state index >= 15 is 0 Å². The first-order valence-electron chi connectivity index (χ1n) is 13.1. The van der Waals surface area contributed by atoms with Crippen molar-refractivity contribution in [3.8, 4) is 0 Å². The van der Waals surface area contributed by atoms with Crippen molar-refractivity contribution in [3.63, 3.8) is 0 Å². The third-order valence-corrected chi connectivity index (χ3v) is 9.68. The zero-order chi connectivity index (χ0) is 27.0. The number of esters is 1. The number of Topliss-reactive ketones (excluding diaryl/α,β-unsaturated/α-hetero) is 1.